The summed E-state index contributed by atoms with van der Waals surface area (Å²) in [6.07, 6.45) is 3.39. The molecule has 0 unspecified atom stereocenters. The van der Waals surface area contributed by atoms with Crippen molar-refractivity contribution < 1.29 is 38.1 Å². The molecule has 1 spiro atoms. The maximum Gasteiger partial charge on any atom is 0.309 e. The Labute approximate surface area is 204 Å². The number of furan rings is 1. The van der Waals surface area contributed by atoms with Gasteiger partial charge in [0.05, 0.1) is 32.2 Å². The number of esters is 2. The Balaban J connectivity index is 1.54. The smallest absolute Gasteiger partial charge is 0.309 e. The minimum Gasteiger partial charge on any atom is -0.472 e. The standard InChI is InChI=1S/C27H34O8/c1-23(2)17(10-18(28)32-5)25(4)16-6-8-24(3)21(14-7-9-33-13-14)34-19(29)12-27(24,31)26(16)11-15(20(25)30)22(23)35-26/h7,9,13,15-17,21-22,31H,6,8,10-12H2,1-5H3/t15-,16-,17+,21-,22-,24+,25-,26+,27+/m1/s1. The Hall–Kier alpha value is -2.19. The molecule has 6 rings (SSSR count). The molecule has 0 radical (unpaired) electrons. The molecule has 3 heterocycles. The van der Waals surface area contributed by atoms with Crippen molar-refractivity contribution in [3.8, 4) is 0 Å². The van der Waals surface area contributed by atoms with Crippen LogP contribution in [0.2, 0.25) is 0 Å². The van der Waals surface area contributed by atoms with E-state index in [9.17, 15) is 19.5 Å². The highest BCUT2D eigenvalue weighted by atomic mass is 16.6. The van der Waals surface area contributed by atoms with Crippen molar-refractivity contribution in [3.05, 3.63) is 24.2 Å². The van der Waals surface area contributed by atoms with Crippen LogP contribution in [-0.4, -0.2) is 47.2 Å². The Bertz CT molecular complexity index is 1110. The van der Waals surface area contributed by atoms with Crippen LogP contribution in [0.5, 0.6) is 0 Å². The van der Waals surface area contributed by atoms with E-state index in [4.69, 9.17) is 18.6 Å². The highest BCUT2D eigenvalue weighted by molar-refractivity contribution is 5.92. The topological polar surface area (TPSA) is 112 Å². The van der Waals surface area contributed by atoms with Crippen molar-refractivity contribution in [3.63, 3.8) is 0 Å². The van der Waals surface area contributed by atoms with Gasteiger partial charge in [-0.25, -0.2) is 0 Å². The molecule has 8 nitrogen and oxygen atoms in total. The molecular weight excluding hydrogens is 452 g/mol. The molecule has 3 saturated carbocycles. The van der Waals surface area contributed by atoms with Crippen molar-refractivity contribution >= 4 is 17.7 Å². The zero-order chi connectivity index (χ0) is 25.2. The number of fused-ring (bicyclic) bond motifs is 3. The summed E-state index contributed by atoms with van der Waals surface area (Å²) in [5.74, 6) is -1.76. The molecule has 3 aliphatic carbocycles. The molecule has 1 aromatic heterocycles. The molecule has 2 aliphatic heterocycles. The average Bonchev–Trinajstić information content (AvgIpc) is 3.44. The van der Waals surface area contributed by atoms with Crippen LogP contribution in [0.4, 0.5) is 0 Å². The minimum atomic E-state index is -1.55. The molecule has 8 heteroatoms. The van der Waals surface area contributed by atoms with E-state index in [0.29, 0.717) is 24.8 Å². The van der Waals surface area contributed by atoms with Crippen LogP contribution in [0.3, 0.4) is 0 Å². The summed E-state index contributed by atoms with van der Waals surface area (Å²) in [5.41, 5.74) is -4.18. The fourth-order valence-electron chi connectivity index (χ4n) is 9.38. The maximum absolute atomic E-state index is 14.0. The van der Waals surface area contributed by atoms with Gasteiger partial charge in [0, 0.05) is 34.7 Å². The second-order valence-corrected chi connectivity index (χ2v) is 12.5. The van der Waals surface area contributed by atoms with Crippen molar-refractivity contribution in [2.24, 2.45) is 34.0 Å². The number of Topliss-reactive ketones (excluding diaryl/α,β-unsaturated/α-hetero) is 1. The first kappa shape index (κ1) is 23.2. The predicted octanol–water partition coefficient (Wildman–Crippen LogP) is 3.37. The lowest BCUT2D eigenvalue weighted by Gasteiger charge is -2.67. The van der Waals surface area contributed by atoms with E-state index in [1.165, 1.54) is 13.4 Å². The summed E-state index contributed by atoms with van der Waals surface area (Å²) in [5, 5.41) is 12.8. The summed E-state index contributed by atoms with van der Waals surface area (Å²) in [6.45, 7) is 8.05. The van der Waals surface area contributed by atoms with Gasteiger partial charge in [-0.3, -0.25) is 14.4 Å². The van der Waals surface area contributed by atoms with Crippen LogP contribution in [0.25, 0.3) is 0 Å². The van der Waals surface area contributed by atoms with Crippen LogP contribution in [0, 0.1) is 34.0 Å². The molecule has 2 saturated heterocycles. The predicted molar refractivity (Wildman–Crippen MR) is 121 cm³/mol. The first-order valence-electron chi connectivity index (χ1n) is 12.6. The summed E-state index contributed by atoms with van der Waals surface area (Å²) < 4.78 is 23.1. The van der Waals surface area contributed by atoms with E-state index in [-0.39, 0.29) is 36.4 Å². The number of aliphatic hydroxyl groups is 1. The summed E-state index contributed by atoms with van der Waals surface area (Å²) in [6, 6.07) is 1.77. The fourth-order valence-corrected chi connectivity index (χ4v) is 9.38. The van der Waals surface area contributed by atoms with Crippen molar-refractivity contribution in [2.75, 3.05) is 7.11 Å². The molecule has 9 atom stereocenters. The monoisotopic (exact) mass is 486 g/mol. The van der Waals surface area contributed by atoms with Crippen LogP contribution >= 0.6 is 0 Å². The van der Waals surface area contributed by atoms with Gasteiger partial charge in [0.25, 0.3) is 0 Å². The third kappa shape index (κ3) is 2.43. The van der Waals surface area contributed by atoms with Crippen molar-refractivity contribution in [2.45, 2.75) is 83.2 Å². The lowest BCUT2D eigenvalue weighted by atomic mass is 9.37. The zero-order valence-electron chi connectivity index (χ0n) is 21.0. The van der Waals surface area contributed by atoms with E-state index in [2.05, 4.69) is 13.8 Å². The van der Waals surface area contributed by atoms with Crippen LogP contribution < -0.4 is 0 Å². The highest BCUT2D eigenvalue weighted by Crippen LogP contribution is 2.77. The lowest BCUT2D eigenvalue weighted by molar-refractivity contribution is -0.316. The second-order valence-electron chi connectivity index (χ2n) is 12.5. The molecule has 190 valence electrons. The van der Waals surface area contributed by atoms with Gasteiger partial charge >= 0.3 is 11.9 Å². The van der Waals surface area contributed by atoms with Crippen LogP contribution in [-0.2, 0) is 28.6 Å². The highest BCUT2D eigenvalue weighted by Gasteiger charge is 2.84. The average molecular weight is 487 g/mol. The van der Waals surface area contributed by atoms with E-state index < -0.39 is 51.5 Å². The Kier molecular flexibility index (Phi) is 4.49. The van der Waals surface area contributed by atoms with Gasteiger partial charge in [0.2, 0.25) is 0 Å². The molecule has 0 amide bonds. The maximum atomic E-state index is 14.0. The van der Waals surface area contributed by atoms with E-state index in [1.807, 2.05) is 13.8 Å². The molecule has 0 aromatic carbocycles. The van der Waals surface area contributed by atoms with Crippen molar-refractivity contribution in [1.29, 1.82) is 0 Å². The van der Waals surface area contributed by atoms with Gasteiger partial charge in [-0.2, -0.15) is 0 Å². The molecule has 1 N–H and O–H groups in total. The van der Waals surface area contributed by atoms with Gasteiger partial charge in [0.1, 0.15) is 23.1 Å². The summed E-state index contributed by atoms with van der Waals surface area (Å²) >= 11 is 0. The molecule has 5 aliphatic rings. The first-order chi connectivity index (χ1) is 16.4. The fraction of sp³-hybridized carbons (Fsp3) is 0.741. The number of ether oxygens (including phenoxy) is 3. The number of hydrogen-bond donors (Lipinski definition) is 1. The van der Waals surface area contributed by atoms with Crippen LogP contribution in [0.15, 0.2) is 23.0 Å². The minimum absolute atomic E-state index is 0.111. The number of carbonyl (C=O) groups is 3. The van der Waals surface area contributed by atoms with E-state index in [0.717, 1.165) is 0 Å². The van der Waals surface area contributed by atoms with Crippen LogP contribution in [0.1, 0.15) is 71.5 Å². The Morgan fingerprint density at radius 2 is 1.97 bits per heavy atom. The lowest BCUT2D eigenvalue weighted by Crippen LogP contribution is -2.76. The number of hydrogen-bond acceptors (Lipinski definition) is 8. The molecular formula is C27H34O8. The molecule has 3 bridgehead atoms. The molecule has 1 aromatic rings. The number of rotatable bonds is 3. The van der Waals surface area contributed by atoms with Gasteiger partial charge in [-0.1, -0.05) is 27.7 Å². The number of cyclic esters (lactones) is 1. The van der Waals surface area contributed by atoms with E-state index >= 15 is 0 Å². The van der Waals surface area contributed by atoms with Crippen molar-refractivity contribution in [1.82, 2.24) is 0 Å². The first-order valence-corrected chi connectivity index (χ1v) is 12.6. The molecule has 35 heavy (non-hydrogen) atoms. The van der Waals surface area contributed by atoms with Gasteiger partial charge in [0.15, 0.2) is 0 Å². The Morgan fingerprint density at radius 1 is 1.23 bits per heavy atom. The summed E-state index contributed by atoms with van der Waals surface area (Å²) in [7, 11) is 1.36. The zero-order valence-corrected chi connectivity index (χ0v) is 21.0. The largest absolute Gasteiger partial charge is 0.472 e. The molecule has 5 fully saturated rings. The third-order valence-corrected chi connectivity index (χ3v) is 11.0. The number of methoxy groups -OCH3 is 1. The number of ketones is 1. The van der Waals surface area contributed by atoms with Gasteiger partial charge < -0.3 is 23.7 Å². The van der Waals surface area contributed by atoms with E-state index in [1.54, 1.807) is 12.3 Å². The SMILES string of the molecule is COC(=O)C[C@H]1C(C)(C)[C@@H]2O[C@@]34C[C@@H]2C(=O)[C@]1(C)[C@H]3CC[C@@]1(C)[C@@H](c2ccoc2)OC(=O)C[C@]14O. The van der Waals surface area contributed by atoms with Gasteiger partial charge in [-0.05, 0) is 36.7 Å². The third-order valence-electron chi connectivity index (χ3n) is 11.0. The second kappa shape index (κ2) is 6.76. The summed E-state index contributed by atoms with van der Waals surface area (Å²) in [4.78, 5) is 39.6. The van der Waals surface area contributed by atoms with Gasteiger partial charge in [-0.15, -0.1) is 0 Å². The quantitative estimate of drug-likeness (QED) is 0.648. The number of carbonyl (C=O) groups excluding carboxylic acids is 3. The normalized spacial score (nSPS) is 49.3. The Morgan fingerprint density at radius 3 is 2.63 bits per heavy atom.